The Kier molecular flexibility index (Phi) is 12.5. The first-order valence-electron chi connectivity index (χ1n) is 8.15. The summed E-state index contributed by atoms with van der Waals surface area (Å²) >= 11 is 6.07. The van der Waals surface area contributed by atoms with Crippen LogP contribution in [0.2, 0.25) is 0 Å². The Hall–Kier alpha value is 0.250. The van der Waals surface area contributed by atoms with E-state index in [4.69, 9.17) is 11.6 Å². The fourth-order valence-corrected chi connectivity index (χ4v) is 3.07. The van der Waals surface area contributed by atoms with Crippen LogP contribution in [0.3, 0.4) is 0 Å². The standard InChI is InChI=1S/C16H35ClN/c1-4-7-10-11-15-18(16-12-17,13-8-5-2)14-9-6-3/h4-16H2,1-3H3/q+1. The smallest absolute Gasteiger partial charge is 0.0924 e. The zero-order chi connectivity index (χ0) is 13.7. The summed E-state index contributed by atoms with van der Waals surface area (Å²) < 4.78 is 1.29. The molecule has 0 unspecified atom stereocenters. The van der Waals surface area contributed by atoms with Gasteiger partial charge < -0.3 is 4.48 Å². The molecular weight excluding hydrogens is 242 g/mol. The number of hydrogen-bond acceptors (Lipinski definition) is 0. The summed E-state index contributed by atoms with van der Waals surface area (Å²) in [6.45, 7) is 12.1. The number of hydrogen-bond donors (Lipinski definition) is 0. The van der Waals surface area contributed by atoms with Crippen LogP contribution in [-0.4, -0.2) is 36.5 Å². The number of quaternary nitrogens is 1. The highest BCUT2D eigenvalue weighted by molar-refractivity contribution is 6.17. The van der Waals surface area contributed by atoms with E-state index in [1.54, 1.807) is 0 Å². The summed E-state index contributed by atoms with van der Waals surface area (Å²) in [5, 5.41) is 0. The minimum absolute atomic E-state index is 0.821. The van der Waals surface area contributed by atoms with Crippen LogP contribution in [0.25, 0.3) is 0 Å². The van der Waals surface area contributed by atoms with Gasteiger partial charge in [0.25, 0.3) is 0 Å². The predicted octanol–water partition coefficient (Wildman–Crippen LogP) is 5.22. The van der Waals surface area contributed by atoms with E-state index in [1.807, 2.05) is 0 Å². The average molecular weight is 277 g/mol. The molecule has 110 valence electrons. The summed E-state index contributed by atoms with van der Waals surface area (Å²) in [5.41, 5.74) is 0. The van der Waals surface area contributed by atoms with Crippen molar-refractivity contribution < 1.29 is 4.48 Å². The largest absolute Gasteiger partial charge is 0.323 e. The van der Waals surface area contributed by atoms with Gasteiger partial charge in [0.05, 0.1) is 32.1 Å². The van der Waals surface area contributed by atoms with E-state index in [1.165, 1.54) is 82.0 Å². The second kappa shape index (κ2) is 12.3. The third-order valence-electron chi connectivity index (χ3n) is 4.02. The summed E-state index contributed by atoms with van der Waals surface area (Å²) in [6, 6.07) is 0. The second-order valence-corrected chi connectivity index (χ2v) is 6.07. The number of alkyl halides is 1. The molecule has 0 saturated carbocycles. The maximum atomic E-state index is 6.07. The van der Waals surface area contributed by atoms with Crippen molar-refractivity contribution in [2.24, 2.45) is 0 Å². The van der Waals surface area contributed by atoms with Crippen molar-refractivity contribution in [3.63, 3.8) is 0 Å². The van der Waals surface area contributed by atoms with Crippen molar-refractivity contribution in [2.45, 2.75) is 72.1 Å². The molecule has 0 spiro atoms. The molecule has 0 heterocycles. The molecule has 0 aliphatic heterocycles. The van der Waals surface area contributed by atoms with Crippen molar-refractivity contribution >= 4 is 11.6 Å². The van der Waals surface area contributed by atoms with Crippen LogP contribution in [0.15, 0.2) is 0 Å². The Balaban J connectivity index is 4.29. The van der Waals surface area contributed by atoms with E-state index in [0.29, 0.717) is 0 Å². The van der Waals surface area contributed by atoms with E-state index >= 15 is 0 Å². The van der Waals surface area contributed by atoms with Gasteiger partial charge in [0, 0.05) is 0 Å². The molecule has 0 aromatic rings. The lowest BCUT2D eigenvalue weighted by Crippen LogP contribution is -2.51. The lowest BCUT2D eigenvalue weighted by atomic mass is 10.1. The quantitative estimate of drug-likeness (QED) is 0.246. The number of nitrogens with zero attached hydrogens (tertiary/aromatic N) is 1. The van der Waals surface area contributed by atoms with E-state index in [2.05, 4.69) is 20.8 Å². The van der Waals surface area contributed by atoms with Crippen molar-refractivity contribution in [3.8, 4) is 0 Å². The number of halogens is 1. The molecule has 0 atom stereocenters. The van der Waals surface area contributed by atoms with E-state index < -0.39 is 0 Å². The van der Waals surface area contributed by atoms with E-state index in [0.717, 1.165) is 5.88 Å². The first-order chi connectivity index (χ1) is 8.74. The summed E-state index contributed by atoms with van der Waals surface area (Å²) in [7, 11) is 0. The molecule has 0 aromatic carbocycles. The molecule has 0 amide bonds. The molecule has 2 heteroatoms. The molecule has 0 saturated heterocycles. The molecule has 0 bridgehead atoms. The number of rotatable bonds is 13. The van der Waals surface area contributed by atoms with Gasteiger partial charge in [0.15, 0.2) is 0 Å². The lowest BCUT2D eigenvalue weighted by Gasteiger charge is -2.39. The van der Waals surface area contributed by atoms with Crippen LogP contribution in [-0.2, 0) is 0 Å². The molecule has 1 nitrogen and oxygen atoms in total. The van der Waals surface area contributed by atoms with Gasteiger partial charge in [-0.25, -0.2) is 0 Å². The Morgan fingerprint density at radius 2 is 1.11 bits per heavy atom. The number of unbranched alkanes of at least 4 members (excludes halogenated alkanes) is 5. The van der Waals surface area contributed by atoms with Crippen LogP contribution in [0, 0.1) is 0 Å². The predicted molar refractivity (Wildman–Crippen MR) is 84.4 cm³/mol. The Bertz CT molecular complexity index is 162. The van der Waals surface area contributed by atoms with Crippen LogP contribution >= 0.6 is 11.6 Å². The summed E-state index contributed by atoms with van der Waals surface area (Å²) in [6.07, 6.45) is 10.8. The normalized spacial score (nSPS) is 12.0. The highest BCUT2D eigenvalue weighted by Gasteiger charge is 2.24. The van der Waals surface area contributed by atoms with Gasteiger partial charge in [-0.3, -0.25) is 0 Å². The zero-order valence-electron chi connectivity index (χ0n) is 13.0. The highest BCUT2D eigenvalue weighted by Crippen LogP contribution is 2.16. The van der Waals surface area contributed by atoms with Gasteiger partial charge in [0.2, 0.25) is 0 Å². The Morgan fingerprint density at radius 1 is 0.611 bits per heavy atom. The second-order valence-electron chi connectivity index (χ2n) is 5.69. The average Bonchev–Trinajstić information content (AvgIpc) is 2.39. The molecule has 0 aromatic heterocycles. The monoisotopic (exact) mass is 276 g/mol. The van der Waals surface area contributed by atoms with Crippen LogP contribution in [0.1, 0.15) is 72.1 Å². The third-order valence-corrected chi connectivity index (χ3v) is 4.19. The Morgan fingerprint density at radius 3 is 1.56 bits per heavy atom. The maximum absolute atomic E-state index is 6.07. The molecule has 0 radical (unpaired) electrons. The topological polar surface area (TPSA) is 0 Å². The zero-order valence-corrected chi connectivity index (χ0v) is 13.8. The van der Waals surface area contributed by atoms with Gasteiger partial charge in [-0.1, -0.05) is 46.5 Å². The molecular formula is C16H35ClN+. The van der Waals surface area contributed by atoms with E-state index in [9.17, 15) is 0 Å². The van der Waals surface area contributed by atoms with Crippen molar-refractivity contribution in [2.75, 3.05) is 32.1 Å². The van der Waals surface area contributed by atoms with Crippen molar-refractivity contribution in [1.29, 1.82) is 0 Å². The summed E-state index contributed by atoms with van der Waals surface area (Å²) in [4.78, 5) is 0. The molecule has 0 rings (SSSR count). The molecule has 0 aliphatic carbocycles. The lowest BCUT2D eigenvalue weighted by molar-refractivity contribution is -0.926. The van der Waals surface area contributed by atoms with Gasteiger partial charge >= 0.3 is 0 Å². The highest BCUT2D eigenvalue weighted by atomic mass is 35.5. The van der Waals surface area contributed by atoms with Crippen molar-refractivity contribution in [1.82, 2.24) is 0 Å². The van der Waals surface area contributed by atoms with Crippen LogP contribution < -0.4 is 0 Å². The molecule has 0 fully saturated rings. The van der Waals surface area contributed by atoms with E-state index in [-0.39, 0.29) is 0 Å². The van der Waals surface area contributed by atoms with Gasteiger partial charge in [-0.05, 0) is 25.7 Å². The van der Waals surface area contributed by atoms with Crippen LogP contribution in [0.5, 0.6) is 0 Å². The SMILES string of the molecule is CCCCCC[N+](CCCl)(CCCC)CCCC. The first kappa shape index (κ1) is 18.2. The maximum Gasteiger partial charge on any atom is 0.0924 e. The molecule has 18 heavy (non-hydrogen) atoms. The van der Waals surface area contributed by atoms with Crippen LogP contribution in [0.4, 0.5) is 0 Å². The van der Waals surface area contributed by atoms with Gasteiger partial charge in [-0.2, -0.15) is 0 Å². The first-order valence-corrected chi connectivity index (χ1v) is 8.69. The van der Waals surface area contributed by atoms with Crippen molar-refractivity contribution in [3.05, 3.63) is 0 Å². The summed E-state index contributed by atoms with van der Waals surface area (Å²) in [5.74, 6) is 0.821. The Labute approximate surface area is 120 Å². The molecule has 0 N–H and O–H groups in total. The van der Waals surface area contributed by atoms with Gasteiger partial charge in [0.1, 0.15) is 0 Å². The fourth-order valence-electron chi connectivity index (χ4n) is 2.71. The fraction of sp³-hybridized carbons (Fsp3) is 1.00. The minimum atomic E-state index is 0.821. The minimum Gasteiger partial charge on any atom is -0.323 e. The van der Waals surface area contributed by atoms with Gasteiger partial charge in [-0.15, -0.1) is 11.6 Å². The molecule has 0 aliphatic rings. The third kappa shape index (κ3) is 8.37.